The summed E-state index contributed by atoms with van der Waals surface area (Å²) in [7, 11) is -3.72. The molecule has 2 aromatic rings. The van der Waals surface area contributed by atoms with Crippen molar-refractivity contribution in [2.24, 2.45) is 0 Å². The average molecular weight is 472 g/mol. The van der Waals surface area contributed by atoms with Crippen molar-refractivity contribution in [2.45, 2.75) is 18.2 Å². The highest BCUT2D eigenvalue weighted by Crippen LogP contribution is 2.12. The normalized spacial score (nSPS) is 11.1. The van der Waals surface area contributed by atoms with Crippen LogP contribution in [0.4, 0.5) is 5.69 Å². The van der Waals surface area contributed by atoms with Gasteiger partial charge in [-0.3, -0.25) is 9.59 Å². The highest BCUT2D eigenvalue weighted by Gasteiger charge is 2.14. The molecular weight excluding hydrogens is 455 g/mol. The zero-order chi connectivity index (χ0) is 18.4. The monoisotopic (exact) mass is 472 g/mol. The van der Waals surface area contributed by atoms with Crippen LogP contribution in [0.5, 0.6) is 0 Å². The summed E-state index contributed by atoms with van der Waals surface area (Å²) in [6.07, 6.45) is 0.0107. The Labute approximate surface area is 160 Å². The van der Waals surface area contributed by atoms with Crippen molar-refractivity contribution < 1.29 is 18.0 Å². The number of ketones is 1. The zero-order valence-electron chi connectivity index (χ0n) is 13.5. The number of Topliss-reactive ketones (excluding diaryl/α,β-unsaturated/α-hetero) is 1. The molecule has 0 atom stereocenters. The molecule has 0 bridgehead atoms. The van der Waals surface area contributed by atoms with E-state index in [2.05, 4.69) is 32.6 Å². The Morgan fingerprint density at radius 3 is 2.16 bits per heavy atom. The van der Waals surface area contributed by atoms with Gasteiger partial charge in [-0.2, -0.15) is 0 Å². The predicted molar refractivity (Wildman–Crippen MR) is 104 cm³/mol. The summed E-state index contributed by atoms with van der Waals surface area (Å²) in [4.78, 5) is 23.1. The van der Waals surface area contributed by atoms with Gasteiger partial charge in [0.25, 0.3) is 0 Å². The number of benzene rings is 2. The fraction of sp³-hybridized carbons (Fsp3) is 0.176. The molecule has 0 saturated heterocycles. The Bertz CT molecular complexity index is 863. The summed E-state index contributed by atoms with van der Waals surface area (Å²) < 4.78 is 27.8. The minimum Gasteiger partial charge on any atom is -0.326 e. The minimum atomic E-state index is -3.72. The van der Waals surface area contributed by atoms with Crippen LogP contribution in [0.15, 0.2) is 53.4 Å². The first-order valence-corrected chi connectivity index (χ1v) is 10.0. The van der Waals surface area contributed by atoms with Gasteiger partial charge >= 0.3 is 0 Å². The van der Waals surface area contributed by atoms with E-state index in [0.717, 1.165) is 3.57 Å². The third-order valence-corrected chi connectivity index (χ3v) is 5.54. The number of sulfonamides is 1. The lowest BCUT2D eigenvalue weighted by Crippen LogP contribution is -2.27. The lowest BCUT2D eigenvalue weighted by Gasteiger charge is -2.08. The highest BCUT2D eigenvalue weighted by molar-refractivity contribution is 14.1. The third kappa shape index (κ3) is 5.91. The first kappa shape index (κ1) is 19.5. The molecule has 0 aliphatic carbocycles. The van der Waals surface area contributed by atoms with Gasteiger partial charge in [-0.1, -0.05) is 12.1 Å². The molecule has 132 valence electrons. The number of amides is 1. The van der Waals surface area contributed by atoms with Crippen LogP contribution < -0.4 is 10.0 Å². The summed E-state index contributed by atoms with van der Waals surface area (Å²) in [6, 6.07) is 12.9. The molecule has 0 aromatic heterocycles. The Morgan fingerprint density at radius 2 is 1.60 bits per heavy atom. The largest absolute Gasteiger partial charge is 0.326 e. The topological polar surface area (TPSA) is 92.3 Å². The fourth-order valence-corrected chi connectivity index (χ4v) is 3.40. The maximum absolute atomic E-state index is 12.2. The van der Waals surface area contributed by atoms with Gasteiger partial charge in [0.15, 0.2) is 5.78 Å². The lowest BCUT2D eigenvalue weighted by atomic mass is 10.2. The van der Waals surface area contributed by atoms with Gasteiger partial charge in [0, 0.05) is 27.8 Å². The van der Waals surface area contributed by atoms with Crippen LogP contribution in [-0.4, -0.2) is 26.7 Å². The molecule has 1 amide bonds. The highest BCUT2D eigenvalue weighted by atomic mass is 127. The summed E-state index contributed by atoms with van der Waals surface area (Å²) in [5.41, 5.74) is 1.10. The molecule has 0 saturated carbocycles. The second-order valence-electron chi connectivity index (χ2n) is 5.28. The number of hydrogen-bond acceptors (Lipinski definition) is 4. The Hall–Kier alpha value is -1.78. The van der Waals surface area contributed by atoms with Gasteiger partial charge in [0.1, 0.15) is 0 Å². The Kier molecular flexibility index (Phi) is 6.68. The molecule has 0 aliphatic rings. The SMILES string of the molecule is CC(=O)c1ccc(S(=O)(=O)NCCC(=O)Nc2ccc(I)cc2)cc1. The quantitative estimate of drug-likeness (QED) is 0.479. The standard InChI is InChI=1S/C17H17IN2O4S/c1-12(21)13-2-8-16(9-3-13)25(23,24)19-11-10-17(22)20-15-6-4-14(18)5-7-15/h2-9,19H,10-11H2,1H3,(H,20,22). The lowest BCUT2D eigenvalue weighted by molar-refractivity contribution is -0.116. The van der Waals surface area contributed by atoms with E-state index in [1.54, 1.807) is 12.1 Å². The molecule has 2 aromatic carbocycles. The molecule has 2 N–H and O–H groups in total. The van der Waals surface area contributed by atoms with Crippen LogP contribution in [0.25, 0.3) is 0 Å². The minimum absolute atomic E-state index is 0.0107. The molecule has 8 heteroatoms. The van der Waals surface area contributed by atoms with Gasteiger partial charge in [0.05, 0.1) is 4.90 Å². The van der Waals surface area contributed by atoms with Gasteiger partial charge in [-0.15, -0.1) is 0 Å². The van der Waals surface area contributed by atoms with Crippen molar-refractivity contribution in [3.8, 4) is 0 Å². The van der Waals surface area contributed by atoms with E-state index in [-0.39, 0.29) is 29.6 Å². The van der Waals surface area contributed by atoms with Gasteiger partial charge in [-0.25, -0.2) is 13.1 Å². The van der Waals surface area contributed by atoms with E-state index >= 15 is 0 Å². The number of halogens is 1. The van der Waals surface area contributed by atoms with E-state index in [1.165, 1.54) is 31.2 Å². The Morgan fingerprint density at radius 1 is 1.00 bits per heavy atom. The number of hydrogen-bond donors (Lipinski definition) is 2. The number of anilines is 1. The fourth-order valence-electron chi connectivity index (χ4n) is 2.01. The molecule has 0 spiro atoms. The third-order valence-electron chi connectivity index (χ3n) is 3.34. The number of nitrogens with one attached hydrogen (secondary N) is 2. The van der Waals surface area contributed by atoms with Crippen LogP contribution in [0.3, 0.4) is 0 Å². The van der Waals surface area contributed by atoms with Crippen molar-refractivity contribution in [2.75, 3.05) is 11.9 Å². The molecule has 6 nitrogen and oxygen atoms in total. The first-order valence-electron chi connectivity index (χ1n) is 7.44. The summed E-state index contributed by atoms with van der Waals surface area (Å²) >= 11 is 2.16. The molecule has 0 aliphatic heterocycles. The van der Waals surface area contributed by atoms with E-state index < -0.39 is 10.0 Å². The molecular formula is C17H17IN2O4S. The smallest absolute Gasteiger partial charge is 0.240 e. The van der Waals surface area contributed by atoms with Crippen molar-refractivity contribution in [1.29, 1.82) is 0 Å². The van der Waals surface area contributed by atoms with Crippen molar-refractivity contribution in [3.05, 3.63) is 57.7 Å². The van der Waals surface area contributed by atoms with E-state index in [9.17, 15) is 18.0 Å². The predicted octanol–water partition coefficient (Wildman–Crippen LogP) is 2.80. The van der Waals surface area contributed by atoms with Crippen LogP contribution in [0, 0.1) is 3.57 Å². The van der Waals surface area contributed by atoms with Crippen LogP contribution in [-0.2, 0) is 14.8 Å². The van der Waals surface area contributed by atoms with Gasteiger partial charge < -0.3 is 5.32 Å². The molecule has 25 heavy (non-hydrogen) atoms. The first-order chi connectivity index (χ1) is 11.8. The molecule has 0 fully saturated rings. The van der Waals surface area contributed by atoms with Crippen molar-refractivity contribution in [3.63, 3.8) is 0 Å². The number of carbonyl (C=O) groups excluding carboxylic acids is 2. The molecule has 0 radical (unpaired) electrons. The average Bonchev–Trinajstić information content (AvgIpc) is 2.57. The van der Waals surface area contributed by atoms with E-state index in [1.807, 2.05) is 12.1 Å². The summed E-state index contributed by atoms with van der Waals surface area (Å²) in [5.74, 6) is -0.417. The second-order valence-corrected chi connectivity index (χ2v) is 8.30. The summed E-state index contributed by atoms with van der Waals surface area (Å²) in [6.45, 7) is 1.39. The second kappa shape index (κ2) is 8.54. The van der Waals surface area contributed by atoms with Gasteiger partial charge in [-0.05, 0) is 65.9 Å². The van der Waals surface area contributed by atoms with Crippen LogP contribution >= 0.6 is 22.6 Å². The zero-order valence-corrected chi connectivity index (χ0v) is 16.4. The molecule has 0 unspecified atom stereocenters. The van der Waals surface area contributed by atoms with E-state index in [4.69, 9.17) is 0 Å². The maximum Gasteiger partial charge on any atom is 0.240 e. The van der Waals surface area contributed by atoms with Crippen molar-refractivity contribution >= 4 is 50.0 Å². The molecule has 2 rings (SSSR count). The van der Waals surface area contributed by atoms with E-state index in [0.29, 0.717) is 11.3 Å². The number of carbonyl (C=O) groups is 2. The maximum atomic E-state index is 12.2. The Balaban J connectivity index is 1.88. The molecule has 0 heterocycles. The van der Waals surface area contributed by atoms with Crippen LogP contribution in [0.2, 0.25) is 0 Å². The van der Waals surface area contributed by atoms with Crippen LogP contribution in [0.1, 0.15) is 23.7 Å². The van der Waals surface area contributed by atoms with Gasteiger partial charge in [0.2, 0.25) is 15.9 Å². The van der Waals surface area contributed by atoms with Crippen molar-refractivity contribution in [1.82, 2.24) is 4.72 Å². The summed E-state index contributed by atoms with van der Waals surface area (Å²) in [5, 5.41) is 2.70. The number of rotatable bonds is 7.